The summed E-state index contributed by atoms with van der Waals surface area (Å²) < 4.78 is 5.78. The van der Waals surface area contributed by atoms with E-state index in [4.69, 9.17) is 9.84 Å². The number of nitrogens with zero attached hydrogens (tertiary/aromatic N) is 2. The maximum absolute atomic E-state index is 14.0. The molecule has 2 aliphatic rings. The first-order chi connectivity index (χ1) is 24.1. The van der Waals surface area contributed by atoms with Gasteiger partial charge in [0.15, 0.2) is 0 Å². The van der Waals surface area contributed by atoms with Crippen LogP contribution in [0, 0.1) is 12.3 Å². The van der Waals surface area contributed by atoms with Crippen LogP contribution in [-0.2, 0) is 20.9 Å². The van der Waals surface area contributed by atoms with Gasteiger partial charge < -0.3 is 25.4 Å². The molecule has 1 aliphatic carbocycles. The highest BCUT2D eigenvalue weighted by Crippen LogP contribution is 2.44. The van der Waals surface area contributed by atoms with Gasteiger partial charge in [0.25, 0.3) is 0 Å². The van der Waals surface area contributed by atoms with Crippen LogP contribution in [0.5, 0.6) is 0 Å². The van der Waals surface area contributed by atoms with Gasteiger partial charge in [-0.2, -0.15) is 0 Å². The number of benzene rings is 3. The number of thiazole rings is 1. The second kappa shape index (κ2) is 15.8. The number of rotatable bonds is 8. The van der Waals surface area contributed by atoms with Gasteiger partial charge in [0.05, 0.1) is 21.7 Å². The summed E-state index contributed by atoms with van der Waals surface area (Å²) in [5.74, 6) is -0.549. The number of alkyl carbamates (subject to hydrolysis) is 1. The molecule has 3 aromatic carbocycles. The van der Waals surface area contributed by atoms with Crippen molar-refractivity contribution in [3.63, 3.8) is 0 Å². The van der Waals surface area contributed by atoms with Crippen molar-refractivity contribution in [1.82, 2.24) is 20.5 Å². The molecule has 0 saturated carbocycles. The van der Waals surface area contributed by atoms with Crippen LogP contribution in [0.4, 0.5) is 4.79 Å². The first-order valence-corrected chi connectivity index (χ1v) is 18.4. The summed E-state index contributed by atoms with van der Waals surface area (Å²) in [6.07, 6.45) is 0.643. The fraction of sp³-hybridized carbons (Fsp3) is 0.415. The van der Waals surface area contributed by atoms with Crippen molar-refractivity contribution in [1.29, 1.82) is 0 Å². The minimum Gasteiger partial charge on any atom is -0.449 e. The number of carbonyl (C=O) groups is 3. The number of carbonyl (C=O) groups excluding carboxylic acids is 3. The second-order valence-electron chi connectivity index (χ2n) is 15.3. The van der Waals surface area contributed by atoms with Crippen molar-refractivity contribution in [3.05, 3.63) is 101 Å². The molecule has 9 nitrogen and oxygen atoms in total. The Labute approximate surface area is 305 Å². The standard InChI is InChI=1S/C37H40N4O4S.C4H10O/c1-23-32(46-22-39-23)25-17-15-24(16-18-25)20-38-34(42)31-14-9-19-41(31)35(43)33(37(2,3)4)40-36(44)45-21-30-28-12-7-5-10-26(28)27-11-6-8-13-29(27)30;1-4(2,3)5/h5-8,10-13,15-18,22,30-31,33H,9,14,19-21H2,1-4H3,(H,38,42)(H,40,44);5H,1-3H3. The molecule has 2 unspecified atom stereocenters. The van der Waals surface area contributed by atoms with Crippen LogP contribution in [-0.4, -0.2) is 63.7 Å². The Kier molecular flexibility index (Phi) is 11.7. The fourth-order valence-corrected chi connectivity index (χ4v) is 7.35. The van der Waals surface area contributed by atoms with Gasteiger partial charge in [-0.1, -0.05) is 93.6 Å². The highest BCUT2D eigenvalue weighted by atomic mass is 32.1. The van der Waals surface area contributed by atoms with E-state index < -0.39 is 29.2 Å². The van der Waals surface area contributed by atoms with Gasteiger partial charge >= 0.3 is 6.09 Å². The number of aliphatic hydroxyl groups is 1. The number of amides is 3. The minimum atomic E-state index is -0.862. The van der Waals surface area contributed by atoms with Crippen molar-refractivity contribution < 1.29 is 24.2 Å². The molecule has 2 atom stereocenters. The SMILES string of the molecule is CC(C)(C)O.Cc1ncsc1-c1ccc(CNC(=O)C2CCCN2C(=O)C(NC(=O)OCC2c3ccccc3-c3ccccc32)C(C)(C)C)cc1. The molecule has 0 radical (unpaired) electrons. The predicted molar refractivity (Wildman–Crippen MR) is 202 cm³/mol. The van der Waals surface area contributed by atoms with Gasteiger partial charge in [-0.25, -0.2) is 9.78 Å². The lowest BCUT2D eigenvalue weighted by atomic mass is 9.85. The molecular formula is C41H50N4O5S. The topological polar surface area (TPSA) is 121 Å². The van der Waals surface area contributed by atoms with Crippen molar-refractivity contribution in [2.45, 2.75) is 91.5 Å². The Bertz CT molecular complexity index is 1790. The molecule has 4 aromatic rings. The van der Waals surface area contributed by atoms with E-state index in [9.17, 15) is 14.4 Å². The Hall–Kier alpha value is -4.54. The highest BCUT2D eigenvalue weighted by molar-refractivity contribution is 7.13. The fourth-order valence-electron chi connectivity index (χ4n) is 6.54. The molecule has 0 bridgehead atoms. The highest BCUT2D eigenvalue weighted by Gasteiger charge is 2.42. The van der Waals surface area contributed by atoms with Gasteiger partial charge in [0.2, 0.25) is 11.8 Å². The zero-order chi connectivity index (χ0) is 36.9. The Balaban J connectivity index is 0.000000943. The number of aromatic nitrogens is 1. The van der Waals surface area contributed by atoms with Crippen LogP contribution in [0.25, 0.3) is 21.6 Å². The molecule has 3 N–H and O–H groups in total. The number of hydrogen-bond donors (Lipinski definition) is 3. The lowest BCUT2D eigenvalue weighted by Gasteiger charge is -2.35. The van der Waals surface area contributed by atoms with Gasteiger partial charge in [-0.05, 0) is 79.3 Å². The maximum Gasteiger partial charge on any atom is 0.407 e. The monoisotopic (exact) mass is 710 g/mol. The molecule has 1 aromatic heterocycles. The summed E-state index contributed by atoms with van der Waals surface area (Å²) >= 11 is 1.60. The van der Waals surface area contributed by atoms with E-state index in [1.54, 1.807) is 37.0 Å². The van der Waals surface area contributed by atoms with Crippen molar-refractivity contribution in [2.75, 3.05) is 13.2 Å². The second-order valence-corrected chi connectivity index (χ2v) is 16.2. The minimum absolute atomic E-state index is 0.0818. The van der Waals surface area contributed by atoms with E-state index in [1.807, 2.05) is 81.7 Å². The first-order valence-electron chi connectivity index (χ1n) is 17.5. The Morgan fingerprint density at radius 3 is 2.08 bits per heavy atom. The van der Waals surface area contributed by atoms with Crippen molar-refractivity contribution >= 4 is 29.2 Å². The van der Waals surface area contributed by atoms with Gasteiger partial charge in [-0.3, -0.25) is 9.59 Å². The zero-order valence-corrected chi connectivity index (χ0v) is 31.5. The van der Waals surface area contributed by atoms with E-state index in [2.05, 4.69) is 39.9 Å². The van der Waals surface area contributed by atoms with Crippen LogP contribution in [0.1, 0.15) is 82.7 Å². The molecule has 1 saturated heterocycles. The van der Waals surface area contributed by atoms with Gasteiger partial charge in [0.1, 0.15) is 18.7 Å². The van der Waals surface area contributed by atoms with Gasteiger partial charge in [0, 0.05) is 19.0 Å². The van der Waals surface area contributed by atoms with E-state index in [0.717, 1.165) is 44.0 Å². The zero-order valence-electron chi connectivity index (χ0n) is 30.7. The average Bonchev–Trinajstić information content (AvgIpc) is 3.82. The molecule has 3 amide bonds. The Morgan fingerprint density at radius 1 is 0.941 bits per heavy atom. The van der Waals surface area contributed by atoms with Crippen LogP contribution < -0.4 is 10.6 Å². The van der Waals surface area contributed by atoms with Gasteiger partial charge in [-0.15, -0.1) is 11.3 Å². The number of nitrogens with one attached hydrogen (secondary N) is 2. The molecule has 270 valence electrons. The molecule has 0 spiro atoms. The summed E-state index contributed by atoms with van der Waals surface area (Å²) in [5.41, 5.74) is 8.34. The van der Waals surface area contributed by atoms with Crippen molar-refractivity contribution in [3.8, 4) is 21.6 Å². The lowest BCUT2D eigenvalue weighted by Crippen LogP contribution is -2.57. The molecule has 2 heterocycles. The van der Waals surface area contributed by atoms with Crippen LogP contribution in [0.2, 0.25) is 0 Å². The average molecular weight is 711 g/mol. The van der Waals surface area contributed by atoms with E-state index in [0.29, 0.717) is 25.9 Å². The number of aryl methyl sites for hydroxylation is 1. The third-order valence-corrected chi connectivity index (χ3v) is 9.96. The third-order valence-electron chi connectivity index (χ3n) is 8.99. The number of fused-ring (bicyclic) bond motifs is 3. The number of ether oxygens (including phenoxy) is 1. The summed E-state index contributed by atoms with van der Waals surface area (Å²) in [7, 11) is 0. The predicted octanol–water partition coefficient (Wildman–Crippen LogP) is 7.46. The normalized spacial score (nSPS) is 16.0. The number of hydrogen-bond acceptors (Lipinski definition) is 7. The first kappa shape index (κ1) is 37.7. The maximum atomic E-state index is 14.0. The van der Waals surface area contributed by atoms with Crippen LogP contribution in [0.15, 0.2) is 78.3 Å². The number of likely N-dealkylation sites (tertiary alicyclic amines) is 1. The smallest absolute Gasteiger partial charge is 0.407 e. The van der Waals surface area contributed by atoms with Crippen molar-refractivity contribution in [2.24, 2.45) is 5.41 Å². The van der Waals surface area contributed by atoms with E-state index >= 15 is 0 Å². The van der Waals surface area contributed by atoms with E-state index in [-0.39, 0.29) is 24.3 Å². The molecular weight excluding hydrogens is 661 g/mol. The summed E-state index contributed by atoms with van der Waals surface area (Å²) in [4.78, 5) is 47.6. The third kappa shape index (κ3) is 9.42. The molecule has 1 aliphatic heterocycles. The molecule has 1 fully saturated rings. The summed E-state index contributed by atoms with van der Waals surface area (Å²) in [6, 6.07) is 23.0. The molecule has 10 heteroatoms. The van der Waals surface area contributed by atoms with E-state index in [1.165, 1.54) is 0 Å². The summed E-state index contributed by atoms with van der Waals surface area (Å²) in [5, 5.41) is 14.4. The summed E-state index contributed by atoms with van der Waals surface area (Å²) in [6.45, 7) is 13.9. The van der Waals surface area contributed by atoms with Crippen LogP contribution >= 0.6 is 11.3 Å². The quantitative estimate of drug-likeness (QED) is 0.175. The molecule has 6 rings (SSSR count). The van der Waals surface area contributed by atoms with Crippen LogP contribution in [0.3, 0.4) is 0 Å². The lowest BCUT2D eigenvalue weighted by molar-refractivity contribution is -0.142. The largest absolute Gasteiger partial charge is 0.449 e. The Morgan fingerprint density at radius 2 is 1.53 bits per heavy atom. The molecule has 51 heavy (non-hydrogen) atoms.